The maximum Gasteiger partial charge on any atom is 0.124 e. The van der Waals surface area contributed by atoms with Crippen molar-refractivity contribution in [2.75, 3.05) is 0 Å². The predicted octanol–water partition coefficient (Wildman–Crippen LogP) is 9.36. The molecule has 188 valence electrons. The lowest BCUT2D eigenvalue weighted by Crippen LogP contribution is -1.99. The van der Waals surface area contributed by atoms with E-state index < -0.39 is 0 Å². The lowest BCUT2D eigenvalue weighted by atomic mass is 9.84. The van der Waals surface area contributed by atoms with Crippen LogP contribution in [-0.4, -0.2) is 10.2 Å². The number of phenols is 2. The largest absolute Gasteiger partial charge is 0.507 e. The normalized spacial score (nSPS) is 10.9. The van der Waals surface area contributed by atoms with Gasteiger partial charge in [-0.3, -0.25) is 0 Å². The second-order valence-corrected chi connectivity index (χ2v) is 9.63. The lowest BCUT2D eigenvalue weighted by Gasteiger charge is -2.21. The smallest absolute Gasteiger partial charge is 0.124 e. The van der Waals surface area contributed by atoms with Gasteiger partial charge in [0.05, 0.1) is 0 Å². The van der Waals surface area contributed by atoms with E-state index in [4.69, 9.17) is 0 Å². The molecular weight excluding hydrogens is 476 g/mol. The number of benzene rings is 6. The predicted molar refractivity (Wildman–Crippen MR) is 161 cm³/mol. The van der Waals surface area contributed by atoms with Crippen LogP contribution in [-0.2, 0) is 6.42 Å². The SMILES string of the molecule is Oc1ccc(Cc2ccc(O)c(-c3ccccc3)c2-c2ccccc2)c(-c2ccccc2)c1-c1ccccc1. The Morgan fingerprint density at radius 2 is 0.590 bits per heavy atom. The molecule has 0 aromatic heterocycles. The van der Waals surface area contributed by atoms with Gasteiger partial charge in [0.15, 0.2) is 0 Å². The van der Waals surface area contributed by atoms with Gasteiger partial charge >= 0.3 is 0 Å². The third-order valence-electron chi connectivity index (χ3n) is 7.17. The Bertz CT molecular complexity index is 1580. The van der Waals surface area contributed by atoms with Crippen LogP contribution in [0.4, 0.5) is 0 Å². The molecule has 0 saturated heterocycles. The van der Waals surface area contributed by atoms with Crippen molar-refractivity contribution in [3.63, 3.8) is 0 Å². The van der Waals surface area contributed by atoms with Crippen LogP contribution in [0.5, 0.6) is 11.5 Å². The minimum atomic E-state index is 0.253. The van der Waals surface area contributed by atoms with Crippen molar-refractivity contribution >= 4 is 0 Å². The number of hydrogen-bond acceptors (Lipinski definition) is 2. The lowest BCUT2D eigenvalue weighted by molar-refractivity contribution is 0.477. The molecule has 0 saturated carbocycles. The van der Waals surface area contributed by atoms with Gasteiger partial charge in [0.2, 0.25) is 0 Å². The van der Waals surface area contributed by atoms with Crippen molar-refractivity contribution < 1.29 is 10.2 Å². The molecule has 0 bridgehead atoms. The molecule has 6 aromatic carbocycles. The summed E-state index contributed by atoms with van der Waals surface area (Å²) >= 11 is 0. The highest BCUT2D eigenvalue weighted by atomic mass is 16.3. The van der Waals surface area contributed by atoms with Crippen LogP contribution in [0.15, 0.2) is 146 Å². The van der Waals surface area contributed by atoms with Crippen LogP contribution in [0.25, 0.3) is 44.5 Å². The van der Waals surface area contributed by atoms with E-state index in [1.807, 2.05) is 109 Å². The van der Waals surface area contributed by atoms with Crippen LogP contribution in [0.1, 0.15) is 11.1 Å². The third kappa shape index (κ3) is 4.81. The van der Waals surface area contributed by atoms with Gasteiger partial charge in [0, 0.05) is 11.1 Å². The highest BCUT2D eigenvalue weighted by Gasteiger charge is 2.21. The summed E-state index contributed by atoms with van der Waals surface area (Å²) in [4.78, 5) is 0. The van der Waals surface area contributed by atoms with Crippen molar-refractivity contribution in [3.05, 3.63) is 157 Å². The van der Waals surface area contributed by atoms with E-state index in [-0.39, 0.29) is 11.5 Å². The third-order valence-corrected chi connectivity index (χ3v) is 7.17. The summed E-state index contributed by atoms with van der Waals surface area (Å²) in [5.41, 5.74) is 9.88. The second-order valence-electron chi connectivity index (χ2n) is 9.63. The highest BCUT2D eigenvalue weighted by molar-refractivity contribution is 5.92. The summed E-state index contributed by atoms with van der Waals surface area (Å²) < 4.78 is 0. The van der Waals surface area contributed by atoms with E-state index in [1.54, 1.807) is 12.1 Å². The summed E-state index contributed by atoms with van der Waals surface area (Å²) in [6.07, 6.45) is 0.620. The van der Waals surface area contributed by atoms with Gasteiger partial charge in [-0.1, -0.05) is 133 Å². The molecule has 0 radical (unpaired) electrons. The Morgan fingerprint density at radius 1 is 0.308 bits per heavy atom. The van der Waals surface area contributed by atoms with Crippen molar-refractivity contribution in [1.82, 2.24) is 0 Å². The fourth-order valence-electron chi connectivity index (χ4n) is 5.43. The van der Waals surface area contributed by atoms with Crippen molar-refractivity contribution in [2.45, 2.75) is 6.42 Å². The molecule has 0 atom stereocenters. The topological polar surface area (TPSA) is 40.5 Å². The Balaban J connectivity index is 1.61. The first-order valence-electron chi connectivity index (χ1n) is 13.1. The molecule has 0 spiro atoms. The summed E-state index contributed by atoms with van der Waals surface area (Å²) in [7, 11) is 0. The summed E-state index contributed by atoms with van der Waals surface area (Å²) in [6.45, 7) is 0. The minimum Gasteiger partial charge on any atom is -0.507 e. The van der Waals surface area contributed by atoms with Crippen molar-refractivity contribution in [2.24, 2.45) is 0 Å². The molecule has 0 heterocycles. The Labute approximate surface area is 229 Å². The van der Waals surface area contributed by atoms with Crippen molar-refractivity contribution in [3.8, 4) is 56.0 Å². The van der Waals surface area contributed by atoms with E-state index in [0.29, 0.717) is 6.42 Å². The zero-order chi connectivity index (χ0) is 26.6. The van der Waals surface area contributed by atoms with Crippen LogP contribution < -0.4 is 0 Å². The minimum absolute atomic E-state index is 0.253. The second kappa shape index (κ2) is 10.7. The zero-order valence-corrected chi connectivity index (χ0v) is 21.5. The number of aromatic hydroxyl groups is 2. The van der Waals surface area contributed by atoms with E-state index in [0.717, 1.165) is 55.6 Å². The molecule has 6 rings (SSSR count). The Kier molecular flexibility index (Phi) is 6.67. The van der Waals surface area contributed by atoms with Gasteiger partial charge in [-0.15, -0.1) is 0 Å². The first kappa shape index (κ1) is 24.3. The number of hydrogen-bond donors (Lipinski definition) is 2. The molecule has 0 aliphatic heterocycles. The standard InChI is InChI=1S/C37H28O2/c38-32-23-21-30(34(26-13-5-1-6-14-26)36(32)28-17-9-3-10-18-28)25-31-22-24-33(39)37(29-19-11-4-12-20-29)35(31)27-15-7-2-8-16-27/h1-24,38-39H,25H2. The van der Waals surface area contributed by atoms with Crippen molar-refractivity contribution in [1.29, 1.82) is 0 Å². The van der Waals surface area contributed by atoms with Gasteiger partial charge < -0.3 is 10.2 Å². The van der Waals surface area contributed by atoms with E-state index in [9.17, 15) is 10.2 Å². The fourth-order valence-corrected chi connectivity index (χ4v) is 5.43. The maximum absolute atomic E-state index is 11.1. The Morgan fingerprint density at radius 3 is 0.897 bits per heavy atom. The zero-order valence-electron chi connectivity index (χ0n) is 21.5. The average Bonchev–Trinajstić information content (AvgIpc) is 3.00. The molecule has 0 unspecified atom stereocenters. The molecule has 0 fully saturated rings. The molecule has 2 nitrogen and oxygen atoms in total. The maximum atomic E-state index is 11.1. The molecule has 0 aliphatic carbocycles. The van der Waals surface area contributed by atoms with Gasteiger partial charge in [0.25, 0.3) is 0 Å². The average molecular weight is 505 g/mol. The van der Waals surface area contributed by atoms with Gasteiger partial charge in [-0.2, -0.15) is 0 Å². The molecule has 0 amide bonds. The summed E-state index contributed by atoms with van der Waals surface area (Å²) in [5.74, 6) is 0.505. The molecule has 0 aliphatic rings. The molecule has 39 heavy (non-hydrogen) atoms. The molecular formula is C37H28O2. The van der Waals surface area contributed by atoms with Gasteiger partial charge in [-0.05, 0) is 63.1 Å². The Hall–Kier alpha value is -5.08. The van der Waals surface area contributed by atoms with Crippen LogP contribution in [0.3, 0.4) is 0 Å². The van der Waals surface area contributed by atoms with Crippen LogP contribution >= 0.6 is 0 Å². The molecule has 6 aromatic rings. The number of rotatable bonds is 6. The van der Waals surface area contributed by atoms with E-state index >= 15 is 0 Å². The van der Waals surface area contributed by atoms with Crippen LogP contribution in [0, 0.1) is 0 Å². The quantitative estimate of drug-likeness (QED) is 0.237. The number of phenolic OH excluding ortho intramolecular Hbond substituents is 2. The van der Waals surface area contributed by atoms with Crippen LogP contribution in [0.2, 0.25) is 0 Å². The fraction of sp³-hybridized carbons (Fsp3) is 0.0270. The first-order valence-corrected chi connectivity index (χ1v) is 13.1. The molecule has 2 N–H and O–H groups in total. The van der Waals surface area contributed by atoms with Gasteiger partial charge in [0.1, 0.15) is 11.5 Å². The van der Waals surface area contributed by atoms with E-state index in [1.165, 1.54) is 0 Å². The monoisotopic (exact) mass is 504 g/mol. The highest BCUT2D eigenvalue weighted by Crippen LogP contribution is 2.45. The summed E-state index contributed by atoms with van der Waals surface area (Å²) in [6, 6.07) is 48.2. The molecule has 2 heteroatoms. The van der Waals surface area contributed by atoms with E-state index in [2.05, 4.69) is 24.3 Å². The summed E-state index contributed by atoms with van der Waals surface area (Å²) in [5, 5.41) is 22.3. The first-order chi connectivity index (χ1) is 19.2. The van der Waals surface area contributed by atoms with Gasteiger partial charge in [-0.25, -0.2) is 0 Å².